The Morgan fingerprint density at radius 1 is 0.481 bits per heavy atom. The van der Waals surface area contributed by atoms with E-state index in [4.69, 9.17) is 8.83 Å². The Hall–Kier alpha value is -6.98. The molecule has 1 N–H and O–H groups in total. The fourth-order valence-electron chi connectivity index (χ4n) is 8.52. The average molecular weight is 698 g/mol. The maximum absolute atomic E-state index is 6.24. The lowest BCUT2D eigenvalue weighted by Gasteiger charge is -2.32. The molecule has 0 saturated heterocycles. The minimum absolute atomic E-state index is 0.0404. The summed E-state index contributed by atoms with van der Waals surface area (Å²) in [5.41, 5.74) is 14.0. The number of allylic oxidation sites excluding steroid dienone is 1. The van der Waals surface area contributed by atoms with Gasteiger partial charge in [0.05, 0.1) is 17.4 Å². The Labute approximate surface area is 312 Å². The maximum atomic E-state index is 6.24. The van der Waals surface area contributed by atoms with Gasteiger partial charge in [0.25, 0.3) is 0 Å². The predicted molar refractivity (Wildman–Crippen MR) is 220 cm³/mol. The second-order valence-corrected chi connectivity index (χ2v) is 14.3. The van der Waals surface area contributed by atoms with Gasteiger partial charge in [-0.2, -0.15) is 0 Å². The third-order valence-electron chi connectivity index (χ3n) is 11.1. The summed E-state index contributed by atoms with van der Waals surface area (Å²) in [6.07, 6.45) is 4.28. The largest absolute Gasteiger partial charge is 0.456 e. The van der Waals surface area contributed by atoms with Crippen molar-refractivity contribution in [1.29, 1.82) is 0 Å². The first-order valence-electron chi connectivity index (χ1n) is 18.4. The summed E-state index contributed by atoms with van der Waals surface area (Å²) in [7, 11) is 2.16. The van der Waals surface area contributed by atoms with Crippen molar-refractivity contribution in [2.75, 3.05) is 11.9 Å². The van der Waals surface area contributed by atoms with E-state index in [-0.39, 0.29) is 12.2 Å². The van der Waals surface area contributed by atoms with Crippen LogP contribution in [-0.4, -0.2) is 11.9 Å². The van der Waals surface area contributed by atoms with E-state index in [9.17, 15) is 0 Å². The van der Waals surface area contributed by atoms with Crippen LogP contribution in [-0.2, 0) is 0 Å². The molecule has 0 saturated carbocycles. The maximum Gasteiger partial charge on any atom is 0.135 e. The van der Waals surface area contributed by atoms with Gasteiger partial charge in [-0.1, -0.05) is 97.1 Å². The molecule has 54 heavy (non-hydrogen) atoms. The lowest BCUT2D eigenvalue weighted by Crippen LogP contribution is -2.30. The third kappa shape index (κ3) is 4.86. The van der Waals surface area contributed by atoms with Crippen LogP contribution >= 0.6 is 0 Å². The highest BCUT2D eigenvalue weighted by Gasteiger charge is 2.39. The first-order chi connectivity index (χ1) is 26.7. The lowest BCUT2D eigenvalue weighted by atomic mass is 9.93. The number of benzene rings is 7. The van der Waals surface area contributed by atoms with Crippen LogP contribution in [0, 0.1) is 0 Å². The van der Waals surface area contributed by atoms with Gasteiger partial charge in [-0.25, -0.2) is 0 Å². The van der Waals surface area contributed by atoms with Gasteiger partial charge in [0.2, 0.25) is 0 Å². The van der Waals surface area contributed by atoms with Gasteiger partial charge in [0, 0.05) is 40.5 Å². The van der Waals surface area contributed by atoms with Crippen LogP contribution in [0.1, 0.15) is 23.3 Å². The Bertz CT molecular complexity index is 2820. The van der Waals surface area contributed by atoms with Crippen molar-refractivity contribution >= 4 is 49.6 Å². The van der Waals surface area contributed by atoms with Crippen molar-refractivity contribution in [2.45, 2.75) is 12.2 Å². The summed E-state index contributed by atoms with van der Waals surface area (Å²) < 4.78 is 12.5. The number of fused-ring (bicyclic) bond motifs is 6. The van der Waals surface area contributed by atoms with Crippen molar-refractivity contribution in [3.8, 4) is 22.3 Å². The molecule has 258 valence electrons. The summed E-state index contributed by atoms with van der Waals surface area (Å²) in [4.78, 5) is 4.75. The molecule has 11 rings (SSSR count). The molecule has 0 aliphatic carbocycles. The molecule has 0 bridgehead atoms. The molecule has 2 atom stereocenters. The fraction of sp³-hybridized carbons (Fsp3) is 0.0612. The van der Waals surface area contributed by atoms with Crippen LogP contribution in [0.2, 0.25) is 0 Å². The van der Waals surface area contributed by atoms with Crippen LogP contribution in [0.25, 0.3) is 66.1 Å². The number of hydrogen-bond donors (Lipinski definition) is 1. The van der Waals surface area contributed by atoms with Crippen LogP contribution < -0.4 is 10.2 Å². The van der Waals surface area contributed by atoms with Crippen molar-refractivity contribution in [2.24, 2.45) is 0 Å². The first-order valence-corrected chi connectivity index (χ1v) is 18.4. The minimum Gasteiger partial charge on any atom is -0.456 e. The zero-order valence-electron chi connectivity index (χ0n) is 29.6. The Morgan fingerprint density at radius 3 is 1.63 bits per heavy atom. The highest BCUT2D eigenvalue weighted by atomic mass is 16.3. The topological polar surface area (TPSA) is 44.8 Å². The summed E-state index contributed by atoms with van der Waals surface area (Å²) in [6.45, 7) is 0. The highest BCUT2D eigenvalue weighted by molar-refractivity contribution is 6.07. The van der Waals surface area contributed by atoms with Crippen LogP contribution in [0.3, 0.4) is 0 Å². The molecular formula is C49H35N3O2. The standard InChI is InChI=1S/C49H35N3O2/c1-51-25-24-42-47(48(51)31-12-4-2-5-13-31)50-49(52(42)37-14-6-3-7-15-37)36-27-34(32-20-22-45-40(29-32)38-16-8-10-18-43(38)53-45)26-35(28-36)33-21-23-46-41(30-33)39-17-9-11-19-44(39)54-46/h2-30,48-50H,1H3. The number of nitrogens with zero attached hydrogens (tertiary/aromatic N) is 2. The summed E-state index contributed by atoms with van der Waals surface area (Å²) in [5.74, 6) is 0. The van der Waals surface area contributed by atoms with Crippen LogP contribution in [0.4, 0.5) is 5.69 Å². The van der Waals surface area contributed by atoms with E-state index < -0.39 is 0 Å². The fourth-order valence-corrected chi connectivity index (χ4v) is 8.52. The van der Waals surface area contributed by atoms with E-state index >= 15 is 0 Å². The summed E-state index contributed by atoms with van der Waals surface area (Å²) in [5, 5.41) is 8.54. The molecule has 7 aromatic carbocycles. The molecule has 0 spiro atoms. The molecule has 4 heterocycles. The van der Waals surface area contributed by atoms with E-state index in [1.54, 1.807) is 0 Å². The van der Waals surface area contributed by atoms with Gasteiger partial charge in [-0.05, 0) is 106 Å². The van der Waals surface area contributed by atoms with E-state index in [1.807, 2.05) is 24.3 Å². The van der Waals surface area contributed by atoms with Crippen molar-refractivity contribution in [3.63, 3.8) is 0 Å². The second-order valence-electron chi connectivity index (χ2n) is 14.3. The molecule has 2 unspecified atom stereocenters. The van der Waals surface area contributed by atoms with Gasteiger partial charge in [0.1, 0.15) is 28.5 Å². The number of furan rings is 2. The quantitative estimate of drug-likeness (QED) is 0.194. The minimum atomic E-state index is -0.171. The number of hydrogen-bond acceptors (Lipinski definition) is 5. The number of nitrogens with one attached hydrogen (secondary N) is 1. The predicted octanol–water partition coefficient (Wildman–Crippen LogP) is 12.3. The van der Waals surface area contributed by atoms with Gasteiger partial charge >= 0.3 is 0 Å². The number of rotatable bonds is 5. The van der Waals surface area contributed by atoms with E-state index in [0.717, 1.165) is 77.4 Å². The van der Waals surface area contributed by atoms with Crippen molar-refractivity contribution < 1.29 is 8.83 Å². The van der Waals surface area contributed by atoms with E-state index in [2.05, 4.69) is 174 Å². The summed E-state index contributed by atoms with van der Waals surface area (Å²) >= 11 is 0. The van der Waals surface area contributed by atoms with Crippen LogP contribution in [0.15, 0.2) is 196 Å². The number of anilines is 1. The first kappa shape index (κ1) is 30.6. The molecule has 0 radical (unpaired) electrons. The zero-order valence-corrected chi connectivity index (χ0v) is 29.6. The Morgan fingerprint density at radius 2 is 1.02 bits per heavy atom. The second kappa shape index (κ2) is 12.0. The van der Waals surface area contributed by atoms with Gasteiger partial charge in [-0.15, -0.1) is 0 Å². The number of likely N-dealkylation sites (N-methyl/N-ethyl adjacent to an activating group) is 1. The van der Waals surface area contributed by atoms with Crippen LogP contribution in [0.5, 0.6) is 0 Å². The van der Waals surface area contributed by atoms with E-state index in [0.29, 0.717) is 0 Å². The van der Waals surface area contributed by atoms with Gasteiger partial charge in [0.15, 0.2) is 0 Å². The summed E-state index contributed by atoms with van der Waals surface area (Å²) in [6, 6.07) is 58.3. The van der Waals surface area contributed by atoms with Crippen molar-refractivity contribution in [1.82, 2.24) is 10.2 Å². The smallest absolute Gasteiger partial charge is 0.135 e. The zero-order chi connectivity index (χ0) is 35.8. The molecule has 5 heteroatoms. The molecule has 2 aliphatic heterocycles. The SMILES string of the molecule is CN1C=CC2=C(NC(c3cc(-c4ccc5oc6ccccc6c5c4)cc(-c4ccc5oc6ccccc6c5c4)c3)N2c2ccccc2)C1c1ccccc1. The van der Waals surface area contributed by atoms with Gasteiger partial charge < -0.3 is 24.0 Å². The molecule has 0 amide bonds. The monoisotopic (exact) mass is 697 g/mol. The molecule has 2 aliphatic rings. The average Bonchev–Trinajstić information content (AvgIpc) is 3.92. The van der Waals surface area contributed by atoms with Crippen molar-refractivity contribution in [3.05, 3.63) is 199 Å². The molecular weight excluding hydrogens is 663 g/mol. The molecule has 2 aromatic heterocycles. The van der Waals surface area contributed by atoms with Gasteiger partial charge in [-0.3, -0.25) is 0 Å². The molecule has 5 nitrogen and oxygen atoms in total. The number of para-hydroxylation sites is 3. The lowest BCUT2D eigenvalue weighted by molar-refractivity contribution is 0.357. The molecule has 0 fully saturated rings. The van der Waals surface area contributed by atoms with E-state index in [1.165, 1.54) is 17.0 Å². The molecule has 9 aromatic rings. The Kier molecular flexibility index (Phi) is 6.83. The Balaban J connectivity index is 1.12. The highest BCUT2D eigenvalue weighted by Crippen LogP contribution is 2.46. The normalized spacial score (nSPS) is 16.9. The third-order valence-corrected chi connectivity index (χ3v) is 11.1.